The lowest BCUT2D eigenvalue weighted by atomic mass is 10.2. The molecule has 0 spiro atoms. The van der Waals surface area contributed by atoms with Crippen LogP contribution in [0.3, 0.4) is 0 Å². The molecule has 1 aromatic carbocycles. The van der Waals surface area contributed by atoms with Gasteiger partial charge in [-0.2, -0.15) is 0 Å². The molecule has 2 aromatic rings. The molecule has 0 atom stereocenters. The Balaban J connectivity index is 2.14. The van der Waals surface area contributed by atoms with Crippen LogP contribution in [0.15, 0.2) is 36.5 Å². The maximum absolute atomic E-state index is 12.0. The Bertz CT molecular complexity index is 594. The molecule has 0 aliphatic carbocycles. The number of anilines is 2. The topological polar surface area (TPSA) is 77.2 Å². The molecule has 0 bridgehead atoms. The summed E-state index contributed by atoms with van der Waals surface area (Å²) in [5, 5.41) is 2.76. The average molecular weight is 257 g/mol. The van der Waals surface area contributed by atoms with Gasteiger partial charge in [0, 0.05) is 17.6 Å². The van der Waals surface area contributed by atoms with Crippen molar-refractivity contribution in [3.63, 3.8) is 0 Å². The Kier molecular flexibility index (Phi) is 3.66. The van der Waals surface area contributed by atoms with Gasteiger partial charge in [0.1, 0.15) is 5.75 Å². The van der Waals surface area contributed by atoms with Crippen LogP contribution in [0.2, 0.25) is 0 Å². The molecule has 0 saturated carbocycles. The van der Waals surface area contributed by atoms with Crippen molar-refractivity contribution in [2.45, 2.75) is 6.92 Å². The van der Waals surface area contributed by atoms with E-state index in [9.17, 15) is 4.79 Å². The second-order valence-corrected chi connectivity index (χ2v) is 4.10. The van der Waals surface area contributed by atoms with Gasteiger partial charge in [0.05, 0.1) is 18.4 Å². The fourth-order valence-electron chi connectivity index (χ4n) is 1.62. The van der Waals surface area contributed by atoms with E-state index < -0.39 is 0 Å². The van der Waals surface area contributed by atoms with Crippen LogP contribution in [-0.4, -0.2) is 18.0 Å². The molecule has 3 N–H and O–H groups in total. The van der Waals surface area contributed by atoms with Gasteiger partial charge in [-0.3, -0.25) is 9.78 Å². The Labute approximate surface area is 111 Å². The fourth-order valence-corrected chi connectivity index (χ4v) is 1.62. The third kappa shape index (κ3) is 3.01. The van der Waals surface area contributed by atoms with Gasteiger partial charge in [0.15, 0.2) is 0 Å². The van der Waals surface area contributed by atoms with Gasteiger partial charge in [0.25, 0.3) is 5.91 Å². The largest absolute Gasteiger partial charge is 0.495 e. The van der Waals surface area contributed by atoms with E-state index in [1.807, 2.05) is 6.92 Å². The highest BCUT2D eigenvalue weighted by molar-refractivity contribution is 6.04. The van der Waals surface area contributed by atoms with Gasteiger partial charge in [0.2, 0.25) is 0 Å². The first-order chi connectivity index (χ1) is 9.10. The third-order valence-electron chi connectivity index (χ3n) is 2.66. The second-order valence-electron chi connectivity index (χ2n) is 4.10. The van der Waals surface area contributed by atoms with E-state index >= 15 is 0 Å². The van der Waals surface area contributed by atoms with Crippen LogP contribution in [0.4, 0.5) is 11.4 Å². The van der Waals surface area contributed by atoms with Gasteiger partial charge in [-0.15, -0.1) is 0 Å². The summed E-state index contributed by atoms with van der Waals surface area (Å²) in [6.07, 6.45) is 1.54. The number of carbonyl (C=O) groups is 1. The first-order valence-electron chi connectivity index (χ1n) is 5.77. The van der Waals surface area contributed by atoms with E-state index in [0.29, 0.717) is 22.7 Å². The standard InChI is InChI=1S/C14H15N3O2/c1-9-3-4-10(8-16-9)14(18)17-11-5-6-13(19-2)12(15)7-11/h3-8H,15H2,1-2H3,(H,17,18). The van der Waals surface area contributed by atoms with Crippen LogP contribution in [0.5, 0.6) is 5.75 Å². The van der Waals surface area contributed by atoms with Crippen LogP contribution in [0.25, 0.3) is 0 Å². The van der Waals surface area contributed by atoms with Crippen molar-refractivity contribution in [3.8, 4) is 5.75 Å². The molecule has 1 amide bonds. The molecular weight excluding hydrogens is 242 g/mol. The van der Waals surface area contributed by atoms with Gasteiger partial charge in [-0.1, -0.05) is 0 Å². The molecule has 5 heteroatoms. The molecule has 0 fully saturated rings. The van der Waals surface area contributed by atoms with E-state index in [0.717, 1.165) is 5.69 Å². The molecule has 5 nitrogen and oxygen atoms in total. The average Bonchev–Trinajstić information content (AvgIpc) is 2.39. The number of aromatic nitrogens is 1. The molecule has 0 aliphatic heterocycles. The van der Waals surface area contributed by atoms with E-state index in [2.05, 4.69) is 10.3 Å². The van der Waals surface area contributed by atoms with Crippen molar-refractivity contribution >= 4 is 17.3 Å². The zero-order chi connectivity index (χ0) is 13.8. The number of ether oxygens (including phenoxy) is 1. The molecule has 0 saturated heterocycles. The number of pyridine rings is 1. The molecule has 0 aliphatic rings. The van der Waals surface area contributed by atoms with E-state index in [1.165, 1.54) is 6.20 Å². The minimum Gasteiger partial charge on any atom is -0.495 e. The third-order valence-corrected chi connectivity index (χ3v) is 2.66. The number of amides is 1. The number of hydrogen-bond acceptors (Lipinski definition) is 4. The number of nitrogen functional groups attached to an aromatic ring is 1. The number of hydrogen-bond donors (Lipinski definition) is 2. The van der Waals surface area contributed by atoms with Crippen LogP contribution in [0, 0.1) is 6.92 Å². The minimum atomic E-state index is -0.225. The molecule has 2 rings (SSSR count). The van der Waals surface area contributed by atoms with Gasteiger partial charge < -0.3 is 15.8 Å². The fraction of sp³-hybridized carbons (Fsp3) is 0.143. The summed E-state index contributed by atoms with van der Waals surface area (Å²) in [7, 11) is 1.54. The summed E-state index contributed by atoms with van der Waals surface area (Å²) in [5.41, 5.74) is 8.23. The van der Waals surface area contributed by atoms with Crippen LogP contribution in [-0.2, 0) is 0 Å². The number of carbonyl (C=O) groups excluding carboxylic acids is 1. The van der Waals surface area contributed by atoms with Gasteiger partial charge >= 0.3 is 0 Å². The number of nitrogens with two attached hydrogens (primary N) is 1. The Morgan fingerprint density at radius 2 is 2.11 bits per heavy atom. The van der Waals surface area contributed by atoms with Crippen molar-refractivity contribution < 1.29 is 9.53 Å². The van der Waals surface area contributed by atoms with E-state index in [-0.39, 0.29) is 5.91 Å². The normalized spacial score (nSPS) is 10.0. The Morgan fingerprint density at radius 1 is 1.32 bits per heavy atom. The van der Waals surface area contributed by atoms with Crippen molar-refractivity contribution in [1.29, 1.82) is 0 Å². The summed E-state index contributed by atoms with van der Waals surface area (Å²) in [6, 6.07) is 8.60. The lowest BCUT2D eigenvalue weighted by molar-refractivity contribution is 0.102. The number of benzene rings is 1. The predicted octanol–water partition coefficient (Wildman–Crippen LogP) is 2.23. The number of rotatable bonds is 3. The first kappa shape index (κ1) is 12.9. The summed E-state index contributed by atoms with van der Waals surface area (Å²) < 4.78 is 5.06. The minimum absolute atomic E-state index is 0.225. The number of methoxy groups -OCH3 is 1. The molecule has 1 heterocycles. The van der Waals surface area contributed by atoms with Crippen molar-refractivity contribution in [1.82, 2.24) is 4.98 Å². The second kappa shape index (κ2) is 5.39. The highest BCUT2D eigenvalue weighted by atomic mass is 16.5. The molecule has 1 aromatic heterocycles. The number of nitrogens with one attached hydrogen (secondary N) is 1. The van der Waals surface area contributed by atoms with Gasteiger partial charge in [-0.05, 0) is 37.3 Å². The highest BCUT2D eigenvalue weighted by Crippen LogP contribution is 2.24. The van der Waals surface area contributed by atoms with E-state index in [4.69, 9.17) is 10.5 Å². The maximum Gasteiger partial charge on any atom is 0.257 e. The Morgan fingerprint density at radius 3 is 2.68 bits per heavy atom. The number of aryl methyl sites for hydroxylation is 1. The highest BCUT2D eigenvalue weighted by Gasteiger charge is 2.07. The zero-order valence-corrected chi connectivity index (χ0v) is 10.8. The molecule has 0 radical (unpaired) electrons. The van der Waals surface area contributed by atoms with Crippen LogP contribution < -0.4 is 15.8 Å². The first-order valence-corrected chi connectivity index (χ1v) is 5.77. The smallest absolute Gasteiger partial charge is 0.257 e. The van der Waals surface area contributed by atoms with Gasteiger partial charge in [-0.25, -0.2) is 0 Å². The van der Waals surface area contributed by atoms with Crippen molar-refractivity contribution in [3.05, 3.63) is 47.8 Å². The lowest BCUT2D eigenvalue weighted by Gasteiger charge is -2.08. The monoisotopic (exact) mass is 257 g/mol. The number of nitrogens with zero attached hydrogens (tertiary/aromatic N) is 1. The lowest BCUT2D eigenvalue weighted by Crippen LogP contribution is -2.12. The molecule has 19 heavy (non-hydrogen) atoms. The SMILES string of the molecule is COc1ccc(NC(=O)c2ccc(C)nc2)cc1N. The van der Waals surface area contributed by atoms with Crippen LogP contribution >= 0.6 is 0 Å². The summed E-state index contributed by atoms with van der Waals surface area (Å²) in [6.45, 7) is 1.87. The molecular formula is C14H15N3O2. The van der Waals surface area contributed by atoms with Crippen LogP contribution in [0.1, 0.15) is 16.1 Å². The molecule has 0 unspecified atom stereocenters. The van der Waals surface area contributed by atoms with Crippen molar-refractivity contribution in [2.24, 2.45) is 0 Å². The zero-order valence-electron chi connectivity index (χ0n) is 10.8. The molecule has 98 valence electrons. The quantitative estimate of drug-likeness (QED) is 0.827. The Hall–Kier alpha value is -2.56. The summed E-state index contributed by atoms with van der Waals surface area (Å²) >= 11 is 0. The van der Waals surface area contributed by atoms with Crippen molar-refractivity contribution in [2.75, 3.05) is 18.2 Å². The summed E-state index contributed by atoms with van der Waals surface area (Å²) in [4.78, 5) is 16.0. The van der Waals surface area contributed by atoms with E-state index in [1.54, 1.807) is 37.4 Å². The predicted molar refractivity (Wildman–Crippen MR) is 74.3 cm³/mol. The summed E-state index contributed by atoms with van der Waals surface area (Å²) in [5.74, 6) is 0.354. The maximum atomic E-state index is 12.0.